The van der Waals surface area contributed by atoms with Crippen molar-refractivity contribution in [2.45, 2.75) is 13.0 Å². The summed E-state index contributed by atoms with van der Waals surface area (Å²) < 4.78 is 29.2. The summed E-state index contributed by atoms with van der Waals surface area (Å²) in [5.41, 5.74) is 8.00. The van der Waals surface area contributed by atoms with Crippen molar-refractivity contribution < 1.29 is 13.5 Å². The van der Waals surface area contributed by atoms with Gasteiger partial charge < -0.3 is 15.8 Å². The number of para-hydroxylation sites is 2. The van der Waals surface area contributed by atoms with Crippen LogP contribution in [0.15, 0.2) is 42.5 Å². The van der Waals surface area contributed by atoms with Gasteiger partial charge in [-0.2, -0.15) is 14.0 Å². The monoisotopic (exact) mass is 289 g/mol. The smallest absolute Gasteiger partial charge is 0.387 e. The molecule has 0 aromatic heterocycles. The highest BCUT2D eigenvalue weighted by molar-refractivity contribution is 5.68. The third-order valence-electron chi connectivity index (χ3n) is 2.79. The minimum Gasteiger partial charge on any atom is -0.433 e. The molecule has 0 aliphatic heterocycles. The van der Waals surface area contributed by atoms with Crippen LogP contribution in [-0.2, 0) is 6.42 Å². The molecule has 0 atom stereocenters. The van der Waals surface area contributed by atoms with Crippen LogP contribution in [0.5, 0.6) is 5.75 Å². The topological polar surface area (TPSA) is 71.1 Å². The molecule has 0 fully saturated rings. The number of ether oxygens (including phenoxy) is 1. The predicted octanol–water partition coefficient (Wildman–Crippen LogP) is 3.68. The van der Waals surface area contributed by atoms with Crippen LogP contribution >= 0.6 is 0 Å². The lowest BCUT2D eigenvalue weighted by atomic mass is 10.1. The summed E-state index contributed by atoms with van der Waals surface area (Å²) in [6.45, 7) is -2.89. The molecule has 21 heavy (non-hydrogen) atoms. The van der Waals surface area contributed by atoms with Gasteiger partial charge in [0.15, 0.2) is 0 Å². The van der Waals surface area contributed by atoms with E-state index in [-0.39, 0.29) is 12.2 Å². The van der Waals surface area contributed by atoms with Gasteiger partial charge in [0.1, 0.15) is 5.75 Å². The first-order valence-corrected chi connectivity index (χ1v) is 6.16. The zero-order valence-electron chi connectivity index (χ0n) is 11.0. The van der Waals surface area contributed by atoms with E-state index in [1.807, 2.05) is 6.07 Å². The number of anilines is 3. The van der Waals surface area contributed by atoms with Crippen molar-refractivity contribution in [3.05, 3.63) is 48.0 Å². The Labute approximate surface area is 120 Å². The van der Waals surface area contributed by atoms with Crippen LogP contribution in [0.1, 0.15) is 5.56 Å². The van der Waals surface area contributed by atoms with E-state index in [0.29, 0.717) is 22.6 Å². The number of alkyl halides is 2. The molecule has 3 N–H and O–H groups in total. The Morgan fingerprint density at radius 3 is 2.71 bits per heavy atom. The molecule has 2 aromatic rings. The number of benzene rings is 2. The minimum absolute atomic E-state index is 0.0474. The van der Waals surface area contributed by atoms with Crippen LogP contribution in [0, 0.1) is 11.3 Å². The molecule has 4 nitrogen and oxygen atoms in total. The fourth-order valence-electron chi connectivity index (χ4n) is 1.85. The van der Waals surface area contributed by atoms with Gasteiger partial charge in [-0.05, 0) is 35.9 Å². The molecule has 108 valence electrons. The summed E-state index contributed by atoms with van der Waals surface area (Å²) in [5, 5.41) is 11.7. The molecule has 0 amide bonds. The molecule has 2 aromatic carbocycles. The van der Waals surface area contributed by atoms with Gasteiger partial charge in [0.25, 0.3) is 0 Å². The summed E-state index contributed by atoms with van der Waals surface area (Å²) in [4.78, 5) is 0. The number of hydrogen-bond donors (Lipinski definition) is 2. The highest BCUT2D eigenvalue weighted by Gasteiger charge is 2.09. The highest BCUT2D eigenvalue weighted by atomic mass is 19.3. The van der Waals surface area contributed by atoms with Crippen LogP contribution in [0.25, 0.3) is 0 Å². The van der Waals surface area contributed by atoms with Gasteiger partial charge in [-0.15, -0.1) is 0 Å². The SMILES string of the molecule is N#CCc1cc(Nc2ccccc2OC(F)F)ccc1N. The Morgan fingerprint density at radius 2 is 2.00 bits per heavy atom. The molecule has 0 saturated heterocycles. The Morgan fingerprint density at radius 1 is 1.24 bits per heavy atom. The first-order chi connectivity index (χ1) is 10.1. The second kappa shape index (κ2) is 6.57. The predicted molar refractivity (Wildman–Crippen MR) is 76.5 cm³/mol. The number of hydrogen-bond acceptors (Lipinski definition) is 4. The first kappa shape index (κ1) is 14.6. The molecule has 0 spiro atoms. The fourth-order valence-corrected chi connectivity index (χ4v) is 1.85. The van der Waals surface area contributed by atoms with Crippen molar-refractivity contribution in [1.82, 2.24) is 0 Å². The number of nitrogens with zero attached hydrogens (tertiary/aromatic N) is 1. The standard InChI is InChI=1S/C15H13F2N3O/c16-15(17)21-14-4-2-1-3-13(14)20-11-5-6-12(19)10(9-11)7-8-18/h1-6,9,15,20H,7,19H2. The first-order valence-electron chi connectivity index (χ1n) is 6.16. The quantitative estimate of drug-likeness (QED) is 0.824. The molecule has 0 aliphatic carbocycles. The summed E-state index contributed by atoms with van der Waals surface area (Å²) >= 11 is 0. The van der Waals surface area contributed by atoms with Crippen molar-refractivity contribution in [3.63, 3.8) is 0 Å². The second-order valence-corrected chi connectivity index (χ2v) is 4.25. The average Bonchev–Trinajstić information content (AvgIpc) is 2.44. The van der Waals surface area contributed by atoms with Crippen molar-refractivity contribution in [3.8, 4) is 11.8 Å². The van der Waals surface area contributed by atoms with E-state index in [4.69, 9.17) is 11.0 Å². The maximum atomic E-state index is 12.4. The molecule has 0 heterocycles. The summed E-state index contributed by atoms with van der Waals surface area (Å²) in [6, 6.07) is 13.5. The number of halogens is 2. The van der Waals surface area contributed by atoms with Crippen LogP contribution in [0.4, 0.5) is 25.8 Å². The Balaban J connectivity index is 2.26. The number of nitrogen functional groups attached to an aromatic ring is 1. The van der Waals surface area contributed by atoms with Gasteiger partial charge in [0.2, 0.25) is 0 Å². The molecule has 0 unspecified atom stereocenters. The maximum absolute atomic E-state index is 12.4. The van der Waals surface area contributed by atoms with E-state index in [9.17, 15) is 8.78 Å². The minimum atomic E-state index is -2.89. The molecular weight excluding hydrogens is 276 g/mol. The number of nitrogens with one attached hydrogen (secondary N) is 1. The summed E-state index contributed by atoms with van der Waals surface area (Å²) in [5.74, 6) is 0.0474. The second-order valence-electron chi connectivity index (χ2n) is 4.25. The summed E-state index contributed by atoms with van der Waals surface area (Å²) in [6.07, 6.45) is 0.177. The van der Waals surface area contributed by atoms with E-state index < -0.39 is 6.61 Å². The third-order valence-corrected chi connectivity index (χ3v) is 2.79. The summed E-state index contributed by atoms with van der Waals surface area (Å²) in [7, 11) is 0. The molecule has 0 saturated carbocycles. The lowest BCUT2D eigenvalue weighted by molar-refractivity contribution is -0.0493. The zero-order chi connectivity index (χ0) is 15.2. The molecule has 2 rings (SSSR count). The van der Waals surface area contributed by atoms with Crippen LogP contribution < -0.4 is 15.8 Å². The molecule has 6 heteroatoms. The van der Waals surface area contributed by atoms with Gasteiger partial charge in [-0.3, -0.25) is 0 Å². The number of nitriles is 1. The van der Waals surface area contributed by atoms with Crippen molar-refractivity contribution in [2.24, 2.45) is 0 Å². The largest absolute Gasteiger partial charge is 0.433 e. The van der Waals surface area contributed by atoms with E-state index in [1.165, 1.54) is 6.07 Å². The van der Waals surface area contributed by atoms with Gasteiger partial charge >= 0.3 is 6.61 Å². The third kappa shape index (κ3) is 3.83. The molecule has 0 aliphatic rings. The van der Waals surface area contributed by atoms with Gasteiger partial charge in [0.05, 0.1) is 18.2 Å². The van der Waals surface area contributed by atoms with Gasteiger partial charge in [-0.1, -0.05) is 12.1 Å². The lowest BCUT2D eigenvalue weighted by Gasteiger charge is -2.13. The van der Waals surface area contributed by atoms with Crippen molar-refractivity contribution >= 4 is 17.1 Å². The molecule has 0 bridgehead atoms. The van der Waals surface area contributed by atoms with Gasteiger partial charge in [-0.25, -0.2) is 0 Å². The van der Waals surface area contributed by atoms with Crippen LogP contribution in [-0.4, -0.2) is 6.61 Å². The zero-order valence-corrected chi connectivity index (χ0v) is 11.0. The van der Waals surface area contributed by atoms with E-state index >= 15 is 0 Å². The fraction of sp³-hybridized carbons (Fsp3) is 0.133. The van der Waals surface area contributed by atoms with E-state index in [1.54, 1.807) is 36.4 Å². The number of nitrogens with two attached hydrogens (primary N) is 1. The highest BCUT2D eigenvalue weighted by Crippen LogP contribution is 2.29. The lowest BCUT2D eigenvalue weighted by Crippen LogP contribution is -2.04. The Hall–Kier alpha value is -2.81. The van der Waals surface area contributed by atoms with Crippen molar-refractivity contribution in [2.75, 3.05) is 11.1 Å². The normalized spacial score (nSPS) is 10.2. The maximum Gasteiger partial charge on any atom is 0.387 e. The Bertz CT molecular complexity index is 668. The number of rotatable bonds is 5. The van der Waals surface area contributed by atoms with E-state index in [0.717, 1.165) is 0 Å². The van der Waals surface area contributed by atoms with Crippen LogP contribution in [0.3, 0.4) is 0 Å². The Kier molecular flexibility index (Phi) is 4.57. The van der Waals surface area contributed by atoms with E-state index in [2.05, 4.69) is 10.1 Å². The molecular formula is C15H13F2N3O. The van der Waals surface area contributed by atoms with Crippen LogP contribution in [0.2, 0.25) is 0 Å². The van der Waals surface area contributed by atoms with Crippen molar-refractivity contribution in [1.29, 1.82) is 5.26 Å². The van der Waals surface area contributed by atoms with Gasteiger partial charge in [0, 0.05) is 11.4 Å². The average molecular weight is 289 g/mol. The molecule has 0 radical (unpaired) electrons.